The van der Waals surface area contributed by atoms with E-state index >= 15 is 0 Å². The number of amidine groups is 1. The van der Waals surface area contributed by atoms with E-state index in [9.17, 15) is 0 Å². The third-order valence-electron chi connectivity index (χ3n) is 4.35. The summed E-state index contributed by atoms with van der Waals surface area (Å²) < 4.78 is 0. The number of aliphatic imine (C=N–C) groups is 1. The predicted molar refractivity (Wildman–Crippen MR) is 103 cm³/mol. The van der Waals surface area contributed by atoms with E-state index in [0.717, 1.165) is 48.7 Å². The number of likely N-dealkylation sites (N-methyl/N-ethyl adjacent to an activating group) is 1. The molecule has 0 spiro atoms. The van der Waals surface area contributed by atoms with Crippen molar-refractivity contribution in [2.45, 2.75) is 39.4 Å². The summed E-state index contributed by atoms with van der Waals surface area (Å²) in [7, 11) is 4.06. The Morgan fingerprint density at radius 1 is 1.17 bits per heavy atom. The van der Waals surface area contributed by atoms with E-state index in [0.29, 0.717) is 0 Å². The Morgan fingerprint density at radius 2 is 1.88 bits per heavy atom. The number of nitrogens with one attached hydrogen (secondary N) is 1. The Hall–Kier alpha value is -2.01. The molecule has 1 heterocycles. The highest BCUT2D eigenvalue weighted by Gasteiger charge is 2.32. The van der Waals surface area contributed by atoms with Gasteiger partial charge in [-0.05, 0) is 38.5 Å². The number of hydrogen-bond donors (Lipinski definition) is 2. The molecule has 1 aromatic carbocycles. The van der Waals surface area contributed by atoms with Gasteiger partial charge in [0.15, 0.2) is 0 Å². The minimum absolute atomic E-state index is 0.916. The van der Waals surface area contributed by atoms with Crippen LogP contribution in [0.25, 0.3) is 0 Å². The van der Waals surface area contributed by atoms with Crippen LogP contribution in [0, 0.1) is 0 Å². The summed E-state index contributed by atoms with van der Waals surface area (Å²) in [4.78, 5) is 9.19. The molecule has 0 saturated carbocycles. The first kappa shape index (κ1) is 18.3. The molecule has 1 aliphatic heterocycles. The topological polar surface area (TPSA) is 56.9 Å². The molecule has 0 amide bonds. The van der Waals surface area contributed by atoms with E-state index in [1.807, 2.05) is 26.2 Å². The Morgan fingerprint density at radius 3 is 2.46 bits per heavy atom. The van der Waals surface area contributed by atoms with Crippen LogP contribution in [0.4, 0.5) is 5.69 Å². The number of nitrogens with two attached hydrogens (primary N) is 1. The SMILES string of the molecule is CCCC1=CC(N(CC)CC)=NC(N)(c2cccc(N(C)C)c2)N1. The molecular formula is C19H31N5. The molecule has 1 atom stereocenters. The van der Waals surface area contributed by atoms with Gasteiger partial charge in [0.05, 0.1) is 0 Å². The van der Waals surface area contributed by atoms with Crippen LogP contribution in [0.5, 0.6) is 0 Å². The lowest BCUT2D eigenvalue weighted by atomic mass is 10.0. The highest BCUT2D eigenvalue weighted by atomic mass is 15.3. The maximum atomic E-state index is 6.72. The van der Waals surface area contributed by atoms with Crippen molar-refractivity contribution in [3.8, 4) is 0 Å². The van der Waals surface area contributed by atoms with Gasteiger partial charge in [0.2, 0.25) is 5.79 Å². The first-order valence-electron chi connectivity index (χ1n) is 8.83. The number of benzene rings is 1. The van der Waals surface area contributed by atoms with Crippen molar-refractivity contribution >= 4 is 11.5 Å². The van der Waals surface area contributed by atoms with Crippen LogP contribution in [0.15, 0.2) is 41.0 Å². The summed E-state index contributed by atoms with van der Waals surface area (Å²) in [5, 5.41) is 3.45. The molecule has 0 radical (unpaired) electrons. The van der Waals surface area contributed by atoms with Crippen molar-refractivity contribution in [2.75, 3.05) is 32.1 Å². The molecule has 5 heteroatoms. The van der Waals surface area contributed by atoms with Gasteiger partial charge in [0.25, 0.3) is 0 Å². The van der Waals surface area contributed by atoms with E-state index in [2.05, 4.69) is 54.1 Å². The molecule has 0 aliphatic carbocycles. The van der Waals surface area contributed by atoms with Gasteiger partial charge < -0.3 is 15.1 Å². The third kappa shape index (κ3) is 3.90. The quantitative estimate of drug-likeness (QED) is 0.842. The van der Waals surface area contributed by atoms with Crippen LogP contribution in [0.3, 0.4) is 0 Å². The Labute approximate surface area is 146 Å². The van der Waals surface area contributed by atoms with E-state index in [1.165, 1.54) is 0 Å². The normalized spacial score (nSPS) is 20.1. The summed E-state index contributed by atoms with van der Waals surface area (Å²) in [6, 6.07) is 8.25. The van der Waals surface area contributed by atoms with Gasteiger partial charge in [0, 0.05) is 44.1 Å². The molecular weight excluding hydrogens is 298 g/mol. The number of anilines is 1. The van der Waals surface area contributed by atoms with Gasteiger partial charge in [-0.1, -0.05) is 25.5 Å². The second-order valence-electron chi connectivity index (χ2n) is 6.40. The van der Waals surface area contributed by atoms with Crippen LogP contribution in [-0.4, -0.2) is 37.9 Å². The number of nitrogens with zero attached hydrogens (tertiary/aromatic N) is 3. The summed E-state index contributed by atoms with van der Waals surface area (Å²) in [6.45, 7) is 8.30. The Kier molecular flexibility index (Phi) is 5.89. The molecule has 3 N–H and O–H groups in total. The second kappa shape index (κ2) is 7.71. The number of hydrogen-bond acceptors (Lipinski definition) is 5. The molecule has 1 unspecified atom stereocenters. The minimum atomic E-state index is -0.927. The monoisotopic (exact) mass is 329 g/mol. The lowest BCUT2D eigenvalue weighted by Gasteiger charge is -2.36. The number of rotatable bonds is 6. The smallest absolute Gasteiger partial charge is 0.211 e. The summed E-state index contributed by atoms with van der Waals surface area (Å²) in [6.07, 6.45) is 4.17. The second-order valence-corrected chi connectivity index (χ2v) is 6.40. The first-order valence-corrected chi connectivity index (χ1v) is 8.83. The van der Waals surface area contributed by atoms with Gasteiger partial charge in [-0.2, -0.15) is 0 Å². The van der Waals surface area contributed by atoms with E-state index in [1.54, 1.807) is 0 Å². The highest BCUT2D eigenvalue weighted by Crippen LogP contribution is 2.27. The zero-order valence-corrected chi connectivity index (χ0v) is 15.6. The largest absolute Gasteiger partial charge is 0.378 e. The molecule has 132 valence electrons. The van der Waals surface area contributed by atoms with Crippen molar-refractivity contribution in [1.29, 1.82) is 0 Å². The van der Waals surface area contributed by atoms with E-state index in [4.69, 9.17) is 10.7 Å². The van der Waals surface area contributed by atoms with Gasteiger partial charge in [-0.3, -0.25) is 5.73 Å². The lowest BCUT2D eigenvalue weighted by molar-refractivity contribution is 0.367. The van der Waals surface area contributed by atoms with Crippen LogP contribution < -0.4 is 16.0 Å². The molecule has 5 nitrogen and oxygen atoms in total. The molecule has 0 saturated heterocycles. The predicted octanol–water partition coefficient (Wildman–Crippen LogP) is 2.85. The van der Waals surface area contributed by atoms with Gasteiger partial charge in [0.1, 0.15) is 5.84 Å². The highest BCUT2D eigenvalue weighted by molar-refractivity contribution is 5.94. The fourth-order valence-corrected chi connectivity index (χ4v) is 2.95. The first-order chi connectivity index (χ1) is 11.4. The van der Waals surface area contributed by atoms with Gasteiger partial charge in [-0.25, -0.2) is 4.99 Å². The Balaban J connectivity index is 2.46. The van der Waals surface area contributed by atoms with E-state index < -0.39 is 5.79 Å². The van der Waals surface area contributed by atoms with Crippen molar-refractivity contribution in [3.05, 3.63) is 41.6 Å². The fourth-order valence-electron chi connectivity index (χ4n) is 2.95. The van der Waals surface area contributed by atoms with Crippen LogP contribution >= 0.6 is 0 Å². The average molecular weight is 329 g/mol. The molecule has 0 fully saturated rings. The van der Waals surface area contributed by atoms with Crippen molar-refractivity contribution in [1.82, 2.24) is 10.2 Å². The van der Waals surface area contributed by atoms with E-state index in [-0.39, 0.29) is 0 Å². The Bertz CT molecular complexity index is 616. The minimum Gasteiger partial charge on any atom is -0.378 e. The van der Waals surface area contributed by atoms with Crippen LogP contribution in [-0.2, 0) is 5.79 Å². The van der Waals surface area contributed by atoms with Crippen LogP contribution in [0.1, 0.15) is 39.2 Å². The van der Waals surface area contributed by atoms with Crippen LogP contribution in [0.2, 0.25) is 0 Å². The maximum Gasteiger partial charge on any atom is 0.211 e. The standard InChI is InChI=1S/C19H31N5/c1-6-10-16-14-18(24(7-2)8-3)22-19(20,21-16)15-11-9-12-17(13-15)23(4)5/h9,11-14,21H,6-8,10,20H2,1-5H3. The molecule has 0 aromatic heterocycles. The van der Waals surface area contributed by atoms with Crippen molar-refractivity contribution in [2.24, 2.45) is 10.7 Å². The van der Waals surface area contributed by atoms with Crippen molar-refractivity contribution in [3.63, 3.8) is 0 Å². The zero-order valence-electron chi connectivity index (χ0n) is 15.6. The molecule has 1 aromatic rings. The summed E-state index contributed by atoms with van der Waals surface area (Å²) in [5.74, 6) is 0.0309. The summed E-state index contributed by atoms with van der Waals surface area (Å²) in [5.41, 5.74) is 9.96. The zero-order chi connectivity index (χ0) is 17.7. The molecule has 2 rings (SSSR count). The van der Waals surface area contributed by atoms with Gasteiger partial charge >= 0.3 is 0 Å². The fraction of sp³-hybridized carbons (Fsp3) is 0.526. The third-order valence-corrected chi connectivity index (χ3v) is 4.35. The summed E-state index contributed by atoms with van der Waals surface area (Å²) >= 11 is 0. The average Bonchev–Trinajstić information content (AvgIpc) is 2.56. The number of allylic oxidation sites excluding steroid dienone is 1. The molecule has 0 bridgehead atoms. The lowest BCUT2D eigenvalue weighted by Crippen LogP contribution is -2.52. The molecule has 1 aliphatic rings. The molecule has 24 heavy (non-hydrogen) atoms. The van der Waals surface area contributed by atoms with Gasteiger partial charge in [-0.15, -0.1) is 0 Å². The maximum absolute atomic E-state index is 6.72. The van der Waals surface area contributed by atoms with Crippen molar-refractivity contribution < 1.29 is 0 Å².